The van der Waals surface area contributed by atoms with Crippen LogP contribution < -0.4 is 4.74 Å². The lowest BCUT2D eigenvalue weighted by atomic mass is 10.1. The number of rotatable bonds is 8. The predicted octanol–water partition coefficient (Wildman–Crippen LogP) is 3.03. The van der Waals surface area contributed by atoms with Crippen LogP contribution in [0.1, 0.15) is 35.4 Å². The zero-order chi connectivity index (χ0) is 19.8. The molecule has 27 heavy (non-hydrogen) atoms. The molecule has 0 fully saturated rings. The molecule has 0 aliphatic heterocycles. The first-order chi connectivity index (χ1) is 12.9. The highest BCUT2D eigenvalue weighted by atomic mass is 16.6. The maximum absolute atomic E-state index is 12.4. The van der Waals surface area contributed by atoms with Crippen LogP contribution in [0.3, 0.4) is 0 Å². The van der Waals surface area contributed by atoms with Crippen molar-refractivity contribution >= 4 is 17.7 Å². The fraction of sp³-hybridized carbons (Fsp3) is 0.286. The Balaban J connectivity index is 1.99. The van der Waals surface area contributed by atoms with Crippen LogP contribution in [0.25, 0.3) is 0 Å². The zero-order valence-corrected chi connectivity index (χ0v) is 15.7. The number of ether oxygens (including phenoxy) is 2. The molecule has 0 radical (unpaired) electrons. The van der Waals surface area contributed by atoms with E-state index in [0.717, 1.165) is 0 Å². The van der Waals surface area contributed by atoms with Gasteiger partial charge >= 0.3 is 5.97 Å². The van der Waals surface area contributed by atoms with E-state index in [4.69, 9.17) is 9.47 Å². The van der Waals surface area contributed by atoms with E-state index in [2.05, 4.69) is 0 Å². The topological polar surface area (TPSA) is 72.9 Å². The second-order valence-corrected chi connectivity index (χ2v) is 6.10. The average molecular weight is 369 g/mol. The molecule has 0 aliphatic rings. The summed E-state index contributed by atoms with van der Waals surface area (Å²) in [5, 5.41) is 0. The summed E-state index contributed by atoms with van der Waals surface area (Å²) in [5.41, 5.74) is 1.18. The fourth-order valence-corrected chi connectivity index (χ4v) is 2.37. The van der Waals surface area contributed by atoms with Crippen molar-refractivity contribution in [2.24, 2.45) is 0 Å². The third-order valence-electron chi connectivity index (χ3n) is 3.87. The molecule has 0 aliphatic carbocycles. The van der Waals surface area contributed by atoms with E-state index in [1.807, 2.05) is 6.07 Å². The Hall–Kier alpha value is -3.15. The van der Waals surface area contributed by atoms with Gasteiger partial charge in [-0.1, -0.05) is 37.3 Å². The van der Waals surface area contributed by atoms with Crippen LogP contribution in [-0.4, -0.2) is 43.3 Å². The number of likely N-dealkylation sites (N-methyl/N-ethyl adjacent to an activating group) is 1. The summed E-state index contributed by atoms with van der Waals surface area (Å²) < 4.78 is 10.8. The van der Waals surface area contributed by atoms with Crippen molar-refractivity contribution in [3.8, 4) is 5.75 Å². The maximum atomic E-state index is 12.4. The van der Waals surface area contributed by atoms with Gasteiger partial charge in [0.2, 0.25) is 6.10 Å². The number of benzene rings is 2. The summed E-state index contributed by atoms with van der Waals surface area (Å²) >= 11 is 0. The van der Waals surface area contributed by atoms with Crippen molar-refractivity contribution in [3.05, 3.63) is 65.7 Å². The Morgan fingerprint density at radius 1 is 0.963 bits per heavy atom. The summed E-state index contributed by atoms with van der Waals surface area (Å²) in [7, 11) is 3.20. The number of nitrogens with zero attached hydrogens (tertiary/aromatic N) is 1. The molecule has 0 bridgehead atoms. The number of hydrogen-bond donors (Lipinski definition) is 0. The van der Waals surface area contributed by atoms with Gasteiger partial charge in [-0.15, -0.1) is 0 Å². The van der Waals surface area contributed by atoms with Crippen molar-refractivity contribution in [2.75, 3.05) is 20.7 Å². The van der Waals surface area contributed by atoms with Crippen LogP contribution in [0, 0.1) is 0 Å². The van der Waals surface area contributed by atoms with Gasteiger partial charge in [0.25, 0.3) is 5.91 Å². The summed E-state index contributed by atoms with van der Waals surface area (Å²) in [6, 6.07) is 15.4. The van der Waals surface area contributed by atoms with Crippen molar-refractivity contribution < 1.29 is 23.9 Å². The number of amides is 1. The van der Waals surface area contributed by atoms with Crippen molar-refractivity contribution in [1.82, 2.24) is 4.90 Å². The number of Topliss-reactive ketones (excluding diaryl/α,β-unsaturated/α-hetero) is 1. The number of hydrogen-bond acceptors (Lipinski definition) is 5. The Kier molecular flexibility index (Phi) is 7.11. The molecule has 0 N–H and O–H groups in total. The molecule has 142 valence electrons. The Labute approximate surface area is 158 Å². The van der Waals surface area contributed by atoms with Gasteiger partial charge in [0, 0.05) is 31.6 Å². The SMILES string of the molecule is CCC(=O)c1ccc(OCC(=O)O[C@H](C(=O)N(C)C)c2ccccc2)cc1. The van der Waals surface area contributed by atoms with E-state index in [1.165, 1.54) is 4.90 Å². The van der Waals surface area contributed by atoms with Gasteiger partial charge in [-0.25, -0.2) is 4.79 Å². The lowest BCUT2D eigenvalue weighted by molar-refractivity contribution is -0.161. The largest absolute Gasteiger partial charge is 0.482 e. The monoisotopic (exact) mass is 369 g/mol. The quantitative estimate of drug-likeness (QED) is 0.528. The highest BCUT2D eigenvalue weighted by Crippen LogP contribution is 2.20. The molecule has 0 spiro atoms. The van der Waals surface area contributed by atoms with Crippen LogP contribution in [0.15, 0.2) is 54.6 Å². The first-order valence-electron chi connectivity index (χ1n) is 8.64. The summed E-state index contributed by atoms with van der Waals surface area (Å²) in [5.74, 6) is -0.520. The lowest BCUT2D eigenvalue weighted by Gasteiger charge is -2.21. The van der Waals surface area contributed by atoms with E-state index in [-0.39, 0.29) is 18.3 Å². The highest BCUT2D eigenvalue weighted by molar-refractivity contribution is 5.95. The minimum Gasteiger partial charge on any atom is -0.482 e. The molecule has 0 saturated heterocycles. The highest BCUT2D eigenvalue weighted by Gasteiger charge is 2.26. The molecule has 0 aromatic heterocycles. The summed E-state index contributed by atoms with van der Waals surface area (Å²) in [4.78, 5) is 37.5. The molecule has 1 amide bonds. The second kappa shape index (κ2) is 9.52. The normalized spacial score (nSPS) is 11.4. The van der Waals surface area contributed by atoms with E-state index < -0.39 is 12.1 Å². The minimum absolute atomic E-state index is 0.0360. The molecule has 2 rings (SSSR count). The smallest absolute Gasteiger partial charge is 0.345 e. The van der Waals surface area contributed by atoms with Gasteiger partial charge in [0.1, 0.15) is 5.75 Å². The van der Waals surface area contributed by atoms with E-state index in [1.54, 1.807) is 69.6 Å². The zero-order valence-electron chi connectivity index (χ0n) is 15.7. The Bertz CT molecular complexity index is 784. The van der Waals surface area contributed by atoms with Crippen LogP contribution in [0.2, 0.25) is 0 Å². The molecule has 0 saturated carbocycles. The number of carbonyl (C=O) groups excluding carboxylic acids is 3. The van der Waals surface area contributed by atoms with Crippen LogP contribution in [0.4, 0.5) is 0 Å². The lowest BCUT2D eigenvalue weighted by Crippen LogP contribution is -2.32. The molecule has 0 unspecified atom stereocenters. The van der Waals surface area contributed by atoms with Gasteiger partial charge in [-0.2, -0.15) is 0 Å². The van der Waals surface area contributed by atoms with Gasteiger partial charge in [-0.3, -0.25) is 9.59 Å². The van der Waals surface area contributed by atoms with Crippen LogP contribution >= 0.6 is 0 Å². The van der Waals surface area contributed by atoms with E-state index >= 15 is 0 Å². The first kappa shape index (κ1) is 20.2. The van der Waals surface area contributed by atoms with Crippen LogP contribution in [-0.2, 0) is 14.3 Å². The number of ketones is 1. The van der Waals surface area contributed by atoms with Gasteiger partial charge in [0.05, 0.1) is 0 Å². The van der Waals surface area contributed by atoms with Crippen molar-refractivity contribution in [3.63, 3.8) is 0 Å². The van der Waals surface area contributed by atoms with Crippen LogP contribution in [0.5, 0.6) is 5.75 Å². The number of esters is 1. The van der Waals surface area contributed by atoms with E-state index in [9.17, 15) is 14.4 Å². The van der Waals surface area contributed by atoms with Gasteiger partial charge < -0.3 is 14.4 Å². The Morgan fingerprint density at radius 2 is 1.59 bits per heavy atom. The third-order valence-corrected chi connectivity index (χ3v) is 3.87. The molecular weight excluding hydrogens is 346 g/mol. The summed E-state index contributed by atoms with van der Waals surface area (Å²) in [6.07, 6.45) is -0.602. The predicted molar refractivity (Wildman–Crippen MR) is 101 cm³/mol. The van der Waals surface area contributed by atoms with E-state index in [0.29, 0.717) is 23.3 Å². The molecule has 6 nitrogen and oxygen atoms in total. The molecular formula is C21H23NO5. The Morgan fingerprint density at radius 3 is 2.15 bits per heavy atom. The second-order valence-electron chi connectivity index (χ2n) is 6.10. The fourth-order valence-electron chi connectivity index (χ4n) is 2.37. The third kappa shape index (κ3) is 5.67. The summed E-state index contributed by atoms with van der Waals surface area (Å²) in [6.45, 7) is 1.45. The number of carbonyl (C=O) groups is 3. The van der Waals surface area contributed by atoms with Crippen molar-refractivity contribution in [1.29, 1.82) is 0 Å². The van der Waals surface area contributed by atoms with Gasteiger partial charge in [0.15, 0.2) is 12.4 Å². The standard InChI is InChI=1S/C21H23NO5/c1-4-18(23)15-10-12-17(13-11-15)26-14-19(24)27-20(21(25)22(2)3)16-8-6-5-7-9-16/h5-13,20H,4,14H2,1-3H3/t20-/m0/s1. The minimum atomic E-state index is -1.03. The molecule has 0 heterocycles. The molecule has 6 heteroatoms. The van der Waals surface area contributed by atoms with Crippen molar-refractivity contribution in [2.45, 2.75) is 19.4 Å². The average Bonchev–Trinajstić information content (AvgIpc) is 2.70. The van der Waals surface area contributed by atoms with Gasteiger partial charge in [-0.05, 0) is 24.3 Å². The first-order valence-corrected chi connectivity index (χ1v) is 8.64. The maximum Gasteiger partial charge on any atom is 0.345 e. The molecule has 2 aromatic rings. The molecule has 2 aromatic carbocycles. The molecule has 1 atom stereocenters.